The number of amides is 1. The second kappa shape index (κ2) is 7.02. The van der Waals surface area contributed by atoms with Gasteiger partial charge in [-0.05, 0) is 23.8 Å². The molecule has 2 N–H and O–H groups in total. The molecule has 0 fully saturated rings. The van der Waals surface area contributed by atoms with Crippen molar-refractivity contribution in [3.05, 3.63) is 57.5 Å². The highest BCUT2D eigenvalue weighted by molar-refractivity contribution is 7.10. The Morgan fingerprint density at radius 1 is 1.43 bits per heavy atom. The predicted octanol–water partition coefficient (Wildman–Crippen LogP) is 2.47. The normalized spacial score (nSPS) is 9.86. The molecule has 0 radical (unpaired) electrons. The van der Waals surface area contributed by atoms with Crippen molar-refractivity contribution in [2.45, 2.75) is 6.54 Å². The monoisotopic (exact) mass is 302 g/mol. The number of thiophene rings is 1. The standard InChI is InChI=1S/C16H15FN2OS/c1-19(10-12-4-2-5-14(17)8-12)16(20)13-9-15(21-11-13)6-3-7-18/h2,4-5,8-9,11H,7,10,18H2,1H3. The lowest BCUT2D eigenvalue weighted by Gasteiger charge is -2.16. The van der Waals surface area contributed by atoms with Crippen LogP contribution in [0.4, 0.5) is 4.39 Å². The van der Waals surface area contributed by atoms with Crippen LogP contribution in [0.3, 0.4) is 0 Å². The Labute approximate surface area is 127 Å². The van der Waals surface area contributed by atoms with E-state index in [2.05, 4.69) is 11.8 Å². The molecular formula is C16H15FN2OS. The third kappa shape index (κ3) is 4.15. The summed E-state index contributed by atoms with van der Waals surface area (Å²) >= 11 is 1.41. The zero-order valence-corrected chi connectivity index (χ0v) is 12.4. The summed E-state index contributed by atoms with van der Waals surface area (Å²) in [5.41, 5.74) is 6.65. The molecule has 1 amide bonds. The van der Waals surface area contributed by atoms with Crippen molar-refractivity contribution in [2.24, 2.45) is 5.73 Å². The molecule has 0 spiro atoms. The molecule has 1 aromatic heterocycles. The van der Waals surface area contributed by atoms with E-state index in [4.69, 9.17) is 5.73 Å². The van der Waals surface area contributed by atoms with E-state index in [-0.39, 0.29) is 11.7 Å². The van der Waals surface area contributed by atoms with Crippen LogP contribution < -0.4 is 5.73 Å². The molecule has 21 heavy (non-hydrogen) atoms. The van der Waals surface area contributed by atoms with Gasteiger partial charge in [-0.3, -0.25) is 4.79 Å². The molecule has 2 aromatic rings. The van der Waals surface area contributed by atoms with E-state index in [0.29, 0.717) is 18.7 Å². The lowest BCUT2D eigenvalue weighted by molar-refractivity contribution is 0.0785. The second-order valence-electron chi connectivity index (χ2n) is 4.50. The van der Waals surface area contributed by atoms with Gasteiger partial charge in [0.05, 0.1) is 17.0 Å². The van der Waals surface area contributed by atoms with Gasteiger partial charge in [-0.25, -0.2) is 4.39 Å². The first kappa shape index (κ1) is 15.2. The average molecular weight is 302 g/mol. The Bertz CT molecular complexity index is 700. The maximum Gasteiger partial charge on any atom is 0.254 e. The van der Waals surface area contributed by atoms with Gasteiger partial charge in [-0.15, -0.1) is 11.3 Å². The highest BCUT2D eigenvalue weighted by atomic mass is 32.1. The van der Waals surface area contributed by atoms with E-state index >= 15 is 0 Å². The predicted molar refractivity (Wildman–Crippen MR) is 82.4 cm³/mol. The maximum absolute atomic E-state index is 13.1. The van der Waals surface area contributed by atoms with Gasteiger partial charge in [-0.1, -0.05) is 24.0 Å². The summed E-state index contributed by atoms with van der Waals surface area (Å²) in [5, 5.41) is 1.77. The van der Waals surface area contributed by atoms with Crippen LogP contribution in [0.1, 0.15) is 20.8 Å². The Kier molecular flexibility index (Phi) is 5.09. The van der Waals surface area contributed by atoms with Crippen LogP contribution in [0.25, 0.3) is 0 Å². The van der Waals surface area contributed by atoms with E-state index in [1.807, 2.05) is 0 Å². The van der Waals surface area contributed by atoms with Gasteiger partial charge in [0.15, 0.2) is 0 Å². The van der Waals surface area contributed by atoms with Crippen molar-refractivity contribution in [3.63, 3.8) is 0 Å². The Balaban J connectivity index is 2.07. The SMILES string of the molecule is CN(Cc1cccc(F)c1)C(=O)c1csc(C#CCN)c1. The van der Waals surface area contributed by atoms with Gasteiger partial charge >= 0.3 is 0 Å². The average Bonchev–Trinajstić information content (AvgIpc) is 2.93. The third-order valence-corrected chi connectivity index (χ3v) is 3.66. The Morgan fingerprint density at radius 2 is 2.24 bits per heavy atom. The first-order valence-corrected chi connectivity index (χ1v) is 7.25. The fourth-order valence-corrected chi connectivity index (χ4v) is 2.60. The summed E-state index contributed by atoms with van der Waals surface area (Å²) in [5.74, 6) is 5.24. The van der Waals surface area contributed by atoms with Gasteiger partial charge in [0.2, 0.25) is 0 Å². The molecule has 0 saturated carbocycles. The van der Waals surface area contributed by atoms with Crippen molar-refractivity contribution in [1.29, 1.82) is 0 Å². The molecule has 1 aromatic carbocycles. The summed E-state index contributed by atoms with van der Waals surface area (Å²) in [4.78, 5) is 14.6. The molecule has 0 aliphatic carbocycles. The summed E-state index contributed by atoms with van der Waals surface area (Å²) in [6.45, 7) is 0.650. The van der Waals surface area contributed by atoms with Gasteiger partial charge in [0.1, 0.15) is 5.82 Å². The second-order valence-corrected chi connectivity index (χ2v) is 5.41. The highest BCUT2D eigenvalue weighted by Gasteiger charge is 2.13. The first-order chi connectivity index (χ1) is 10.1. The summed E-state index contributed by atoms with van der Waals surface area (Å²) < 4.78 is 13.1. The number of nitrogens with zero attached hydrogens (tertiary/aromatic N) is 1. The van der Waals surface area contributed by atoms with E-state index in [0.717, 1.165) is 10.4 Å². The molecule has 0 atom stereocenters. The van der Waals surface area contributed by atoms with E-state index in [9.17, 15) is 9.18 Å². The number of carbonyl (C=O) groups excluding carboxylic acids is 1. The maximum atomic E-state index is 13.1. The van der Waals surface area contributed by atoms with E-state index in [1.54, 1.807) is 35.5 Å². The van der Waals surface area contributed by atoms with Crippen LogP contribution in [0, 0.1) is 17.7 Å². The van der Waals surface area contributed by atoms with Gasteiger partial charge < -0.3 is 10.6 Å². The highest BCUT2D eigenvalue weighted by Crippen LogP contribution is 2.16. The molecule has 0 aliphatic heterocycles. The molecule has 0 unspecified atom stereocenters. The fraction of sp³-hybridized carbons (Fsp3) is 0.188. The van der Waals surface area contributed by atoms with Crippen LogP contribution in [0.5, 0.6) is 0 Å². The van der Waals surface area contributed by atoms with Crippen molar-refractivity contribution >= 4 is 17.2 Å². The van der Waals surface area contributed by atoms with Crippen molar-refractivity contribution in [2.75, 3.05) is 13.6 Å². The minimum Gasteiger partial charge on any atom is -0.337 e. The van der Waals surface area contributed by atoms with Crippen LogP contribution in [0.15, 0.2) is 35.7 Å². The zero-order valence-electron chi connectivity index (χ0n) is 11.6. The molecule has 108 valence electrons. The smallest absolute Gasteiger partial charge is 0.254 e. The number of hydrogen-bond donors (Lipinski definition) is 1. The summed E-state index contributed by atoms with van der Waals surface area (Å²) in [6, 6.07) is 7.98. The van der Waals surface area contributed by atoms with Crippen LogP contribution >= 0.6 is 11.3 Å². The number of benzene rings is 1. The van der Waals surface area contributed by atoms with E-state index < -0.39 is 0 Å². The van der Waals surface area contributed by atoms with Gasteiger partial charge in [0, 0.05) is 19.0 Å². The molecular weight excluding hydrogens is 287 g/mol. The Morgan fingerprint density at radius 3 is 2.95 bits per heavy atom. The van der Waals surface area contributed by atoms with Gasteiger partial charge in [-0.2, -0.15) is 0 Å². The largest absolute Gasteiger partial charge is 0.337 e. The van der Waals surface area contributed by atoms with Gasteiger partial charge in [0.25, 0.3) is 5.91 Å². The first-order valence-electron chi connectivity index (χ1n) is 6.37. The minimum atomic E-state index is -0.303. The lowest BCUT2D eigenvalue weighted by Crippen LogP contribution is -2.25. The van der Waals surface area contributed by atoms with Crippen molar-refractivity contribution < 1.29 is 9.18 Å². The number of carbonyl (C=O) groups is 1. The number of halogens is 1. The molecule has 0 bridgehead atoms. The number of rotatable bonds is 3. The number of nitrogens with two attached hydrogens (primary N) is 1. The topological polar surface area (TPSA) is 46.3 Å². The van der Waals surface area contributed by atoms with Crippen LogP contribution in [0.2, 0.25) is 0 Å². The molecule has 1 heterocycles. The fourth-order valence-electron chi connectivity index (χ4n) is 1.85. The molecule has 0 saturated heterocycles. The quantitative estimate of drug-likeness (QED) is 0.885. The Hall–Kier alpha value is -2.16. The number of hydrogen-bond acceptors (Lipinski definition) is 3. The lowest BCUT2D eigenvalue weighted by atomic mass is 10.2. The molecule has 0 aliphatic rings. The summed E-state index contributed by atoms with van der Waals surface area (Å²) in [6.07, 6.45) is 0. The third-order valence-electron chi connectivity index (χ3n) is 2.82. The van der Waals surface area contributed by atoms with Crippen molar-refractivity contribution in [3.8, 4) is 11.8 Å². The minimum absolute atomic E-state index is 0.115. The summed E-state index contributed by atoms with van der Waals surface area (Å²) in [7, 11) is 1.69. The van der Waals surface area contributed by atoms with Crippen LogP contribution in [-0.4, -0.2) is 24.4 Å². The molecule has 3 nitrogen and oxygen atoms in total. The van der Waals surface area contributed by atoms with Crippen molar-refractivity contribution in [1.82, 2.24) is 4.90 Å². The van der Waals surface area contributed by atoms with Crippen LogP contribution in [-0.2, 0) is 6.54 Å². The molecule has 2 rings (SSSR count). The van der Waals surface area contributed by atoms with E-state index in [1.165, 1.54) is 23.5 Å². The molecule has 5 heteroatoms. The zero-order chi connectivity index (χ0) is 15.2.